The van der Waals surface area contributed by atoms with Gasteiger partial charge < -0.3 is 58.8 Å². The van der Waals surface area contributed by atoms with Crippen molar-refractivity contribution in [2.24, 2.45) is 11.8 Å². The molecule has 0 aliphatic carbocycles. The first-order valence-corrected chi connectivity index (χ1v) is 20.3. The largest absolute Gasteiger partial charge is 0.491 e. The minimum atomic E-state index is -4.00. The Balaban J connectivity index is 1.27. The van der Waals surface area contributed by atoms with Gasteiger partial charge in [0.1, 0.15) is 18.5 Å². The number of sulfonamides is 1. The number of carbonyl (C=O) groups excluding carboxylic acids is 1. The number of anilines is 1. The van der Waals surface area contributed by atoms with Crippen LogP contribution in [0.2, 0.25) is 0 Å². The van der Waals surface area contributed by atoms with Crippen LogP contribution in [0.15, 0.2) is 53.4 Å². The molecule has 2 aromatic rings. The van der Waals surface area contributed by atoms with E-state index in [0.717, 1.165) is 5.56 Å². The normalized spacial score (nSPS) is 19.4. The van der Waals surface area contributed by atoms with E-state index in [4.69, 9.17) is 48.4 Å². The van der Waals surface area contributed by atoms with Gasteiger partial charge >= 0.3 is 6.09 Å². The highest BCUT2D eigenvalue weighted by molar-refractivity contribution is 7.89. The van der Waals surface area contributed by atoms with Crippen molar-refractivity contribution in [1.29, 1.82) is 0 Å². The summed E-state index contributed by atoms with van der Waals surface area (Å²) in [6.07, 6.45) is -2.04. The molecule has 2 heterocycles. The van der Waals surface area contributed by atoms with Gasteiger partial charge in [0, 0.05) is 25.9 Å². The fourth-order valence-electron chi connectivity index (χ4n) is 6.05. The molecule has 0 spiro atoms. The molecule has 4 N–H and O–H groups in total. The van der Waals surface area contributed by atoms with Crippen molar-refractivity contribution < 1.29 is 61.0 Å². The average molecular weight is 798 g/mol. The number of fused-ring (bicyclic) bond motifs is 1. The van der Waals surface area contributed by atoms with E-state index in [2.05, 4.69) is 5.32 Å². The number of nitrogens with zero attached hydrogens (tertiary/aromatic N) is 1. The summed E-state index contributed by atoms with van der Waals surface area (Å²) in [6, 6.07) is 12.2. The van der Waals surface area contributed by atoms with Crippen molar-refractivity contribution in [3.05, 3.63) is 54.1 Å². The molecule has 55 heavy (non-hydrogen) atoms. The fourth-order valence-corrected chi connectivity index (χ4v) is 7.68. The topological polar surface area (TPSA) is 196 Å². The van der Waals surface area contributed by atoms with E-state index in [0.29, 0.717) is 90.5 Å². The fraction of sp³-hybridized carbons (Fsp3) is 0.658. The Morgan fingerprint density at radius 1 is 0.873 bits per heavy atom. The Morgan fingerprint density at radius 2 is 1.47 bits per heavy atom. The third kappa shape index (κ3) is 15.4. The number of aliphatic hydroxyl groups excluding tert-OH is 1. The van der Waals surface area contributed by atoms with Gasteiger partial charge in [0.05, 0.1) is 95.6 Å². The molecular formula is C38H59N3O13S. The second-order valence-corrected chi connectivity index (χ2v) is 15.6. The quantitative estimate of drug-likeness (QED) is 0.0881. The van der Waals surface area contributed by atoms with Gasteiger partial charge in [0.25, 0.3) is 0 Å². The zero-order chi connectivity index (χ0) is 39.5. The lowest BCUT2D eigenvalue weighted by atomic mass is 10.0. The van der Waals surface area contributed by atoms with Crippen LogP contribution in [0.3, 0.4) is 0 Å². The minimum Gasteiger partial charge on any atom is -0.491 e. The number of methoxy groups -OCH3 is 1. The lowest BCUT2D eigenvalue weighted by Gasteiger charge is -2.31. The van der Waals surface area contributed by atoms with Gasteiger partial charge in [-0.3, -0.25) is 0 Å². The maximum absolute atomic E-state index is 13.7. The third-order valence-corrected chi connectivity index (χ3v) is 10.8. The molecule has 0 bridgehead atoms. The monoisotopic (exact) mass is 797 g/mol. The molecular weight excluding hydrogens is 738 g/mol. The summed E-state index contributed by atoms with van der Waals surface area (Å²) in [5.41, 5.74) is 7.01. The van der Waals surface area contributed by atoms with Crippen LogP contribution in [-0.2, 0) is 54.3 Å². The van der Waals surface area contributed by atoms with Gasteiger partial charge in [0.15, 0.2) is 6.29 Å². The zero-order valence-electron chi connectivity index (χ0n) is 32.2. The van der Waals surface area contributed by atoms with Gasteiger partial charge in [-0.25, -0.2) is 13.2 Å². The SMILES string of the molecule is COCCOCCOCCOCCOCCOc1ccc(C[C@H](NC(=O)O[C@H]2CO[C@H]3OCC[C@H]32)C(O)CN(CC(C)C)S(=O)(=O)c2ccc(N)cc2)cc1. The van der Waals surface area contributed by atoms with E-state index in [1.54, 1.807) is 19.2 Å². The highest BCUT2D eigenvalue weighted by Crippen LogP contribution is 2.33. The van der Waals surface area contributed by atoms with Crippen molar-refractivity contribution in [3.8, 4) is 5.75 Å². The highest BCUT2D eigenvalue weighted by atomic mass is 32.2. The molecule has 2 aliphatic rings. The van der Waals surface area contributed by atoms with Crippen LogP contribution in [0, 0.1) is 11.8 Å². The summed E-state index contributed by atoms with van der Waals surface area (Å²) in [6.45, 7) is 8.99. The number of nitrogen functional groups attached to an aromatic ring is 1. The van der Waals surface area contributed by atoms with Crippen molar-refractivity contribution in [1.82, 2.24) is 9.62 Å². The molecule has 0 aromatic heterocycles. The summed E-state index contributed by atoms with van der Waals surface area (Å²) in [7, 11) is -2.38. The van der Waals surface area contributed by atoms with Gasteiger partial charge in [-0.1, -0.05) is 26.0 Å². The van der Waals surface area contributed by atoms with Crippen LogP contribution in [0.1, 0.15) is 25.8 Å². The van der Waals surface area contributed by atoms with E-state index in [-0.39, 0.29) is 42.8 Å². The maximum Gasteiger partial charge on any atom is 0.407 e. The molecule has 0 saturated carbocycles. The number of hydrogen-bond acceptors (Lipinski definition) is 14. The van der Waals surface area contributed by atoms with Gasteiger partial charge in [-0.05, 0) is 60.7 Å². The van der Waals surface area contributed by atoms with E-state index in [9.17, 15) is 18.3 Å². The summed E-state index contributed by atoms with van der Waals surface area (Å²) in [5, 5.41) is 14.4. The zero-order valence-corrected chi connectivity index (χ0v) is 33.0. The van der Waals surface area contributed by atoms with Crippen LogP contribution < -0.4 is 15.8 Å². The molecule has 17 heteroatoms. The van der Waals surface area contributed by atoms with Crippen LogP contribution in [0.25, 0.3) is 0 Å². The lowest BCUT2D eigenvalue weighted by Crippen LogP contribution is -2.51. The molecule has 1 unspecified atom stereocenters. The first kappa shape index (κ1) is 44.6. The molecule has 2 aromatic carbocycles. The highest BCUT2D eigenvalue weighted by Gasteiger charge is 2.44. The predicted molar refractivity (Wildman–Crippen MR) is 202 cm³/mol. The smallest absolute Gasteiger partial charge is 0.407 e. The molecule has 4 rings (SSSR count). The van der Waals surface area contributed by atoms with Crippen molar-refractivity contribution in [2.75, 3.05) is 105 Å². The second kappa shape index (κ2) is 23.8. The predicted octanol–water partition coefficient (Wildman–Crippen LogP) is 2.47. The molecule has 16 nitrogen and oxygen atoms in total. The average Bonchev–Trinajstić information content (AvgIpc) is 3.78. The summed E-state index contributed by atoms with van der Waals surface area (Å²) in [4.78, 5) is 13.3. The Labute approximate surface area is 324 Å². The van der Waals surface area contributed by atoms with Crippen LogP contribution in [-0.4, -0.2) is 148 Å². The number of carbonyl (C=O) groups is 1. The molecule has 2 saturated heterocycles. The molecule has 2 fully saturated rings. The molecule has 0 radical (unpaired) electrons. The van der Waals surface area contributed by atoms with E-state index in [1.807, 2.05) is 26.0 Å². The van der Waals surface area contributed by atoms with Crippen LogP contribution in [0.5, 0.6) is 5.75 Å². The first-order valence-electron chi connectivity index (χ1n) is 18.8. The molecule has 2 aliphatic heterocycles. The second-order valence-electron chi connectivity index (χ2n) is 13.7. The number of hydrogen-bond donors (Lipinski definition) is 3. The number of ether oxygens (including phenoxy) is 9. The van der Waals surface area contributed by atoms with Crippen LogP contribution in [0.4, 0.5) is 10.5 Å². The molecule has 5 atom stereocenters. The number of benzene rings is 2. The van der Waals surface area contributed by atoms with Crippen molar-refractivity contribution in [3.63, 3.8) is 0 Å². The van der Waals surface area contributed by atoms with E-state index < -0.39 is 40.7 Å². The van der Waals surface area contributed by atoms with Gasteiger partial charge in [-0.2, -0.15) is 4.31 Å². The Bertz CT molecular complexity index is 1480. The van der Waals surface area contributed by atoms with Gasteiger partial charge in [0.2, 0.25) is 10.0 Å². The Morgan fingerprint density at radius 3 is 2.07 bits per heavy atom. The van der Waals surface area contributed by atoms with Crippen molar-refractivity contribution in [2.45, 2.75) is 56.1 Å². The number of nitrogens with one attached hydrogen (secondary N) is 1. The Hall–Kier alpha value is -3.10. The van der Waals surface area contributed by atoms with Crippen molar-refractivity contribution >= 4 is 21.8 Å². The Kier molecular flexibility index (Phi) is 19.3. The number of rotatable bonds is 27. The summed E-state index contributed by atoms with van der Waals surface area (Å²) in [5.74, 6) is 0.499. The summed E-state index contributed by atoms with van der Waals surface area (Å²) >= 11 is 0. The number of aliphatic hydroxyl groups is 1. The van der Waals surface area contributed by atoms with Gasteiger partial charge in [-0.15, -0.1) is 0 Å². The number of amides is 1. The van der Waals surface area contributed by atoms with Crippen LogP contribution >= 0.6 is 0 Å². The van der Waals surface area contributed by atoms with E-state index in [1.165, 1.54) is 28.6 Å². The molecule has 1 amide bonds. The standard InChI is InChI=1S/C38H59N3O13S/c1-28(2)25-41(55(44,45)32-10-6-30(39)7-11-32)26-35(42)34(40-38(43)54-36-27-53-37-33(36)12-13-52-37)24-29-4-8-31(9-5-29)51-23-22-50-21-20-49-19-18-48-17-16-47-15-14-46-3/h4-11,28,33-37,42H,12-27,39H2,1-3H3,(H,40,43)/t33-,34-,35?,36-,37+/m0/s1. The number of alkyl carbamates (subject to hydrolysis) is 1. The third-order valence-electron chi connectivity index (χ3n) is 8.91. The molecule has 310 valence electrons. The maximum atomic E-state index is 13.7. The van der Waals surface area contributed by atoms with E-state index >= 15 is 0 Å². The lowest BCUT2D eigenvalue weighted by molar-refractivity contribution is -0.0907. The first-order chi connectivity index (χ1) is 26.6. The summed E-state index contributed by atoms with van der Waals surface area (Å²) < 4.78 is 78.2. The number of nitrogens with two attached hydrogens (primary N) is 1. The minimum absolute atomic E-state index is 0.0460.